The Bertz CT molecular complexity index is 500. The van der Waals surface area contributed by atoms with Crippen molar-refractivity contribution >= 4 is 0 Å². The summed E-state index contributed by atoms with van der Waals surface area (Å²) in [5.74, 6) is 0. The number of rotatable bonds is 6. The standard InChI is InChI=1S/C16H23N3/c1-4-17-13-11-16(2,3)15-10-12-18-19(15)14-8-6-5-7-9-14/h5-10,12,17H,4,11,13H2,1-3H3. The molecule has 0 spiro atoms. The van der Waals surface area contributed by atoms with Gasteiger partial charge in [-0.2, -0.15) is 5.10 Å². The van der Waals surface area contributed by atoms with E-state index in [0.29, 0.717) is 0 Å². The molecule has 3 heteroatoms. The Morgan fingerprint density at radius 3 is 2.58 bits per heavy atom. The first kappa shape index (κ1) is 13.8. The lowest BCUT2D eigenvalue weighted by Gasteiger charge is -2.26. The minimum atomic E-state index is 0.106. The molecular formula is C16H23N3. The van der Waals surface area contributed by atoms with Gasteiger partial charge in [0.2, 0.25) is 0 Å². The predicted molar refractivity (Wildman–Crippen MR) is 79.8 cm³/mol. The van der Waals surface area contributed by atoms with E-state index in [2.05, 4.69) is 49.4 Å². The first-order chi connectivity index (χ1) is 9.15. The number of benzene rings is 1. The predicted octanol–water partition coefficient (Wildman–Crippen LogP) is 3.15. The molecule has 0 saturated heterocycles. The van der Waals surface area contributed by atoms with Crippen LogP contribution in [0.1, 0.15) is 32.9 Å². The van der Waals surface area contributed by atoms with Gasteiger partial charge in [0.05, 0.1) is 5.69 Å². The van der Waals surface area contributed by atoms with Gasteiger partial charge in [-0.25, -0.2) is 4.68 Å². The third-order valence-electron chi connectivity index (χ3n) is 3.51. The Morgan fingerprint density at radius 2 is 1.89 bits per heavy atom. The molecular weight excluding hydrogens is 234 g/mol. The van der Waals surface area contributed by atoms with Crippen LogP contribution in [0.2, 0.25) is 0 Å². The Kier molecular flexibility index (Phi) is 4.38. The van der Waals surface area contributed by atoms with Gasteiger partial charge in [0.15, 0.2) is 0 Å². The fourth-order valence-corrected chi connectivity index (χ4v) is 2.30. The summed E-state index contributed by atoms with van der Waals surface area (Å²) in [5.41, 5.74) is 2.49. The molecule has 0 amide bonds. The molecule has 0 unspecified atom stereocenters. The average Bonchev–Trinajstić information content (AvgIpc) is 2.90. The van der Waals surface area contributed by atoms with Crippen molar-refractivity contribution in [2.75, 3.05) is 13.1 Å². The van der Waals surface area contributed by atoms with Crippen LogP contribution in [0.3, 0.4) is 0 Å². The van der Waals surface area contributed by atoms with Crippen LogP contribution in [0.25, 0.3) is 5.69 Å². The van der Waals surface area contributed by atoms with Crippen LogP contribution >= 0.6 is 0 Å². The van der Waals surface area contributed by atoms with E-state index in [0.717, 1.165) is 25.2 Å². The van der Waals surface area contributed by atoms with Crippen molar-refractivity contribution in [1.29, 1.82) is 0 Å². The SMILES string of the molecule is CCNCCC(C)(C)c1ccnn1-c1ccccc1. The number of hydrogen-bond acceptors (Lipinski definition) is 2. The quantitative estimate of drug-likeness (QED) is 0.806. The van der Waals surface area contributed by atoms with Gasteiger partial charge >= 0.3 is 0 Å². The highest BCUT2D eigenvalue weighted by Crippen LogP contribution is 2.28. The van der Waals surface area contributed by atoms with E-state index < -0.39 is 0 Å². The molecule has 1 aromatic heterocycles. The zero-order chi connectivity index (χ0) is 13.7. The van der Waals surface area contributed by atoms with Gasteiger partial charge in [-0.3, -0.25) is 0 Å². The average molecular weight is 257 g/mol. The number of para-hydroxylation sites is 1. The van der Waals surface area contributed by atoms with Crippen molar-refractivity contribution in [3.05, 3.63) is 48.3 Å². The Balaban J connectivity index is 2.24. The molecule has 0 aliphatic carbocycles. The largest absolute Gasteiger partial charge is 0.317 e. The highest BCUT2D eigenvalue weighted by molar-refractivity contribution is 5.34. The Morgan fingerprint density at radius 1 is 1.16 bits per heavy atom. The molecule has 2 rings (SSSR count). The lowest BCUT2D eigenvalue weighted by molar-refractivity contribution is 0.437. The van der Waals surface area contributed by atoms with E-state index in [-0.39, 0.29) is 5.41 Å². The van der Waals surface area contributed by atoms with Gasteiger partial charge in [-0.1, -0.05) is 39.0 Å². The normalized spacial score (nSPS) is 11.7. The van der Waals surface area contributed by atoms with E-state index >= 15 is 0 Å². The molecule has 0 atom stereocenters. The zero-order valence-electron chi connectivity index (χ0n) is 12.1. The summed E-state index contributed by atoms with van der Waals surface area (Å²) in [7, 11) is 0. The summed E-state index contributed by atoms with van der Waals surface area (Å²) in [5, 5.41) is 7.87. The summed E-state index contributed by atoms with van der Waals surface area (Å²) in [6.07, 6.45) is 2.98. The molecule has 0 bridgehead atoms. The van der Waals surface area contributed by atoms with Crippen LogP contribution in [0.4, 0.5) is 0 Å². The molecule has 3 nitrogen and oxygen atoms in total. The summed E-state index contributed by atoms with van der Waals surface area (Å²) in [6, 6.07) is 12.4. The van der Waals surface area contributed by atoms with Crippen molar-refractivity contribution < 1.29 is 0 Å². The first-order valence-electron chi connectivity index (χ1n) is 6.96. The second-order valence-electron chi connectivity index (χ2n) is 5.45. The van der Waals surface area contributed by atoms with E-state index in [1.54, 1.807) is 0 Å². The van der Waals surface area contributed by atoms with Crippen LogP contribution in [0, 0.1) is 0 Å². The van der Waals surface area contributed by atoms with Gasteiger partial charge in [0.25, 0.3) is 0 Å². The van der Waals surface area contributed by atoms with E-state index in [1.165, 1.54) is 5.69 Å². The molecule has 0 aliphatic rings. The number of nitrogens with zero attached hydrogens (tertiary/aromatic N) is 2. The molecule has 19 heavy (non-hydrogen) atoms. The van der Waals surface area contributed by atoms with Crippen LogP contribution in [0.15, 0.2) is 42.6 Å². The van der Waals surface area contributed by atoms with Crippen LogP contribution in [-0.2, 0) is 5.41 Å². The maximum atomic E-state index is 4.48. The van der Waals surface area contributed by atoms with Gasteiger partial charge < -0.3 is 5.32 Å². The van der Waals surface area contributed by atoms with Crippen molar-refractivity contribution in [2.45, 2.75) is 32.6 Å². The maximum absolute atomic E-state index is 4.48. The Hall–Kier alpha value is -1.61. The monoisotopic (exact) mass is 257 g/mol. The van der Waals surface area contributed by atoms with Crippen molar-refractivity contribution in [1.82, 2.24) is 15.1 Å². The van der Waals surface area contributed by atoms with Crippen molar-refractivity contribution in [3.8, 4) is 5.69 Å². The lowest BCUT2D eigenvalue weighted by atomic mass is 9.85. The lowest BCUT2D eigenvalue weighted by Crippen LogP contribution is -2.27. The molecule has 0 fully saturated rings. The van der Waals surface area contributed by atoms with Gasteiger partial charge in [0, 0.05) is 17.3 Å². The third kappa shape index (κ3) is 3.24. The second-order valence-corrected chi connectivity index (χ2v) is 5.45. The van der Waals surface area contributed by atoms with Gasteiger partial charge in [0.1, 0.15) is 0 Å². The summed E-state index contributed by atoms with van der Waals surface area (Å²) in [4.78, 5) is 0. The molecule has 1 aromatic carbocycles. The van der Waals surface area contributed by atoms with Gasteiger partial charge in [-0.15, -0.1) is 0 Å². The van der Waals surface area contributed by atoms with E-state index in [4.69, 9.17) is 0 Å². The minimum absolute atomic E-state index is 0.106. The molecule has 0 radical (unpaired) electrons. The molecule has 0 aliphatic heterocycles. The van der Waals surface area contributed by atoms with E-state index in [9.17, 15) is 0 Å². The fourth-order valence-electron chi connectivity index (χ4n) is 2.30. The number of aromatic nitrogens is 2. The molecule has 102 valence electrons. The smallest absolute Gasteiger partial charge is 0.0649 e. The summed E-state index contributed by atoms with van der Waals surface area (Å²) >= 11 is 0. The zero-order valence-corrected chi connectivity index (χ0v) is 12.1. The molecule has 0 saturated carbocycles. The highest BCUT2D eigenvalue weighted by Gasteiger charge is 2.24. The molecule has 1 heterocycles. The van der Waals surface area contributed by atoms with Crippen molar-refractivity contribution in [2.24, 2.45) is 0 Å². The molecule has 1 N–H and O–H groups in total. The maximum Gasteiger partial charge on any atom is 0.0649 e. The highest BCUT2D eigenvalue weighted by atomic mass is 15.3. The Labute approximate surface area is 115 Å². The number of hydrogen-bond donors (Lipinski definition) is 1. The van der Waals surface area contributed by atoms with E-state index in [1.807, 2.05) is 29.1 Å². The second kappa shape index (κ2) is 6.02. The number of nitrogens with one attached hydrogen (secondary N) is 1. The molecule has 2 aromatic rings. The minimum Gasteiger partial charge on any atom is -0.317 e. The van der Waals surface area contributed by atoms with Crippen LogP contribution < -0.4 is 5.32 Å². The topological polar surface area (TPSA) is 29.9 Å². The fraction of sp³-hybridized carbons (Fsp3) is 0.438. The third-order valence-corrected chi connectivity index (χ3v) is 3.51. The van der Waals surface area contributed by atoms with Crippen molar-refractivity contribution in [3.63, 3.8) is 0 Å². The van der Waals surface area contributed by atoms with Crippen LogP contribution in [-0.4, -0.2) is 22.9 Å². The van der Waals surface area contributed by atoms with Gasteiger partial charge in [-0.05, 0) is 37.7 Å². The summed E-state index contributed by atoms with van der Waals surface area (Å²) < 4.78 is 2.05. The van der Waals surface area contributed by atoms with Crippen LogP contribution in [0.5, 0.6) is 0 Å². The first-order valence-corrected chi connectivity index (χ1v) is 6.96. The summed E-state index contributed by atoms with van der Waals surface area (Å²) in [6.45, 7) is 8.75.